The number of nitriles is 1. The second-order valence-corrected chi connectivity index (χ2v) is 12.9. The van der Waals surface area contributed by atoms with Crippen molar-refractivity contribution in [2.75, 3.05) is 11.1 Å². The normalized spacial score (nSPS) is 14.9. The van der Waals surface area contributed by atoms with Crippen LogP contribution in [0.5, 0.6) is 5.75 Å². The van der Waals surface area contributed by atoms with Gasteiger partial charge in [0.05, 0.1) is 11.3 Å². The third kappa shape index (κ3) is 6.68. The Morgan fingerprint density at radius 2 is 2.23 bits per heavy atom. The second kappa shape index (κ2) is 12.6. The molecule has 0 fully saturated rings. The van der Waals surface area contributed by atoms with Crippen molar-refractivity contribution < 1.29 is 9.53 Å². The lowest BCUT2D eigenvalue weighted by molar-refractivity contribution is -0.113. The first-order valence-electron chi connectivity index (χ1n) is 13.1. The smallest absolute Gasteiger partial charge is 0.235 e. The van der Waals surface area contributed by atoms with Crippen molar-refractivity contribution in [2.24, 2.45) is 11.3 Å². The fourth-order valence-corrected chi connectivity index (χ4v) is 7.09. The average molecular weight is 584 g/mol. The summed E-state index contributed by atoms with van der Waals surface area (Å²) in [6.07, 6.45) is 5.80. The van der Waals surface area contributed by atoms with E-state index in [1.807, 2.05) is 23.6 Å². The van der Waals surface area contributed by atoms with Crippen LogP contribution < -0.4 is 10.1 Å². The van der Waals surface area contributed by atoms with Crippen molar-refractivity contribution in [1.29, 1.82) is 5.26 Å². The number of anilines is 1. The van der Waals surface area contributed by atoms with E-state index in [0.717, 1.165) is 42.6 Å². The summed E-state index contributed by atoms with van der Waals surface area (Å²) in [5.41, 5.74) is 2.92. The number of carbonyl (C=O) groups excluding carboxylic acids is 1. The number of hydrogen-bond acceptors (Lipinski definition) is 7. The number of amides is 1. The topological polar surface area (TPSA) is 92.8 Å². The number of nitrogens with zero attached hydrogens (tertiary/aromatic N) is 4. The molecule has 0 radical (unpaired) electrons. The number of fused-ring (bicyclic) bond motifs is 1. The highest BCUT2D eigenvalue weighted by atomic mass is 35.5. The number of nitrogens with one attached hydrogen (secondary N) is 1. The van der Waals surface area contributed by atoms with E-state index in [-0.39, 0.29) is 23.7 Å². The van der Waals surface area contributed by atoms with E-state index in [1.54, 1.807) is 23.5 Å². The molecule has 1 amide bonds. The van der Waals surface area contributed by atoms with Crippen molar-refractivity contribution in [1.82, 2.24) is 14.8 Å². The summed E-state index contributed by atoms with van der Waals surface area (Å²) in [4.78, 5) is 14.2. The minimum absolute atomic E-state index is 0.144. The van der Waals surface area contributed by atoms with Crippen LogP contribution in [-0.4, -0.2) is 26.4 Å². The van der Waals surface area contributed by atoms with Gasteiger partial charge >= 0.3 is 0 Å². The van der Waals surface area contributed by atoms with Gasteiger partial charge in [-0.15, -0.1) is 28.1 Å². The molecule has 1 aliphatic carbocycles. The summed E-state index contributed by atoms with van der Waals surface area (Å²) in [7, 11) is 0. The van der Waals surface area contributed by atoms with Gasteiger partial charge in [0.2, 0.25) is 5.91 Å². The molecular weight excluding hydrogens is 550 g/mol. The Bertz CT molecular complexity index is 1410. The molecule has 1 unspecified atom stereocenters. The van der Waals surface area contributed by atoms with Gasteiger partial charge in [0, 0.05) is 16.4 Å². The number of halogens is 1. The van der Waals surface area contributed by atoms with Crippen LogP contribution in [0.4, 0.5) is 5.00 Å². The Labute approximate surface area is 243 Å². The third-order valence-electron chi connectivity index (χ3n) is 7.58. The molecule has 2 aromatic heterocycles. The second-order valence-electron chi connectivity index (χ2n) is 10.4. The molecule has 0 bridgehead atoms. The maximum atomic E-state index is 12.9. The van der Waals surface area contributed by atoms with E-state index in [0.29, 0.717) is 39.0 Å². The van der Waals surface area contributed by atoms with E-state index in [4.69, 9.17) is 16.3 Å². The van der Waals surface area contributed by atoms with Crippen LogP contribution in [0.2, 0.25) is 5.02 Å². The van der Waals surface area contributed by atoms with Gasteiger partial charge in [-0.2, -0.15) is 5.26 Å². The number of allylic oxidation sites excluding steroid dienone is 1. The number of aromatic nitrogens is 3. The van der Waals surface area contributed by atoms with Gasteiger partial charge in [-0.3, -0.25) is 9.36 Å². The van der Waals surface area contributed by atoms with Crippen LogP contribution in [0.3, 0.4) is 0 Å². The summed E-state index contributed by atoms with van der Waals surface area (Å²) in [6, 6.07) is 7.80. The lowest BCUT2D eigenvalue weighted by Gasteiger charge is -2.36. The average Bonchev–Trinajstić information content (AvgIpc) is 3.46. The maximum Gasteiger partial charge on any atom is 0.235 e. The quantitative estimate of drug-likeness (QED) is 0.189. The molecule has 4 rings (SSSR count). The molecule has 2 heterocycles. The predicted molar refractivity (Wildman–Crippen MR) is 159 cm³/mol. The molecule has 0 saturated heterocycles. The monoisotopic (exact) mass is 583 g/mol. The number of rotatable bonds is 11. The Hall–Kier alpha value is -2.80. The predicted octanol–water partition coefficient (Wildman–Crippen LogP) is 7.21. The first-order chi connectivity index (χ1) is 18.7. The fourth-order valence-electron chi connectivity index (χ4n) is 4.80. The molecule has 1 atom stereocenters. The Balaban J connectivity index is 1.41. The van der Waals surface area contributed by atoms with Crippen molar-refractivity contribution >= 4 is 45.6 Å². The molecule has 1 aromatic carbocycles. The van der Waals surface area contributed by atoms with Crippen LogP contribution in [0.1, 0.15) is 61.0 Å². The summed E-state index contributed by atoms with van der Waals surface area (Å²) in [5.74, 6) is 1.90. The van der Waals surface area contributed by atoms with Crippen LogP contribution in [0.25, 0.3) is 0 Å². The van der Waals surface area contributed by atoms with Crippen molar-refractivity contribution in [2.45, 2.75) is 71.7 Å². The number of ether oxygens (including phenoxy) is 1. The van der Waals surface area contributed by atoms with Crippen LogP contribution >= 0.6 is 34.7 Å². The standard InChI is InChI=1S/C29H34ClN5O2S2/c1-6-12-35-25(16-37-23-11-9-20(30)13-18(23)3)33-34-28(35)38-17-26(36)32-27-22(15-31)21-10-8-19(14-24(21)39-27)29(4,5)7-2/h6,9,11,13,19H,1,7-8,10,12,14,16-17H2,2-5H3,(H,32,36). The van der Waals surface area contributed by atoms with E-state index in [2.05, 4.69) is 48.9 Å². The van der Waals surface area contributed by atoms with Gasteiger partial charge in [-0.1, -0.05) is 56.6 Å². The van der Waals surface area contributed by atoms with E-state index in [1.165, 1.54) is 16.6 Å². The Morgan fingerprint density at radius 3 is 2.92 bits per heavy atom. The first kappa shape index (κ1) is 29.2. The van der Waals surface area contributed by atoms with E-state index in [9.17, 15) is 10.1 Å². The molecular formula is C29H34ClN5O2S2. The fraction of sp³-hybridized carbons (Fsp3) is 0.448. The zero-order chi connectivity index (χ0) is 28.2. The summed E-state index contributed by atoms with van der Waals surface area (Å²) < 4.78 is 7.83. The number of aryl methyl sites for hydroxylation is 1. The van der Waals surface area contributed by atoms with Gasteiger partial charge in [-0.25, -0.2) is 0 Å². The molecule has 0 saturated carbocycles. The van der Waals surface area contributed by atoms with Gasteiger partial charge in [0.15, 0.2) is 11.0 Å². The highest BCUT2D eigenvalue weighted by molar-refractivity contribution is 7.99. The van der Waals surface area contributed by atoms with Crippen LogP contribution in [0.15, 0.2) is 36.0 Å². The van der Waals surface area contributed by atoms with Gasteiger partial charge in [0.25, 0.3) is 0 Å². The van der Waals surface area contributed by atoms with Crippen LogP contribution in [0, 0.1) is 29.6 Å². The number of carbonyl (C=O) groups is 1. The lowest BCUT2D eigenvalue weighted by atomic mass is 9.69. The van der Waals surface area contributed by atoms with E-state index < -0.39 is 0 Å². The molecule has 1 aliphatic rings. The van der Waals surface area contributed by atoms with E-state index >= 15 is 0 Å². The number of thioether (sulfide) groups is 1. The molecule has 206 valence electrons. The number of thiophene rings is 1. The Morgan fingerprint density at radius 1 is 1.44 bits per heavy atom. The van der Waals surface area contributed by atoms with Gasteiger partial charge < -0.3 is 10.1 Å². The van der Waals surface area contributed by atoms with Crippen molar-refractivity contribution in [3.05, 3.63) is 63.3 Å². The highest BCUT2D eigenvalue weighted by Gasteiger charge is 2.34. The summed E-state index contributed by atoms with van der Waals surface area (Å²) >= 11 is 8.89. The zero-order valence-electron chi connectivity index (χ0n) is 22.8. The third-order valence-corrected chi connectivity index (χ3v) is 9.95. The maximum absolute atomic E-state index is 12.9. The van der Waals surface area contributed by atoms with Crippen molar-refractivity contribution in [3.8, 4) is 11.8 Å². The molecule has 0 spiro atoms. The summed E-state index contributed by atoms with van der Waals surface area (Å²) in [6.45, 7) is 13.4. The van der Waals surface area contributed by atoms with Crippen LogP contribution in [-0.2, 0) is 30.8 Å². The zero-order valence-corrected chi connectivity index (χ0v) is 25.2. The molecule has 0 aliphatic heterocycles. The molecule has 10 heteroatoms. The minimum atomic E-state index is -0.178. The molecule has 1 N–H and O–H groups in total. The molecule has 3 aromatic rings. The summed E-state index contributed by atoms with van der Waals surface area (Å²) in [5, 5.41) is 23.3. The highest BCUT2D eigenvalue weighted by Crippen LogP contribution is 2.45. The largest absolute Gasteiger partial charge is 0.485 e. The van der Waals surface area contributed by atoms with Crippen molar-refractivity contribution in [3.63, 3.8) is 0 Å². The molecule has 7 nitrogen and oxygen atoms in total. The SMILES string of the molecule is C=CCn1c(COc2ccc(Cl)cc2C)nnc1SCC(=O)Nc1sc2c(c1C#N)CCC(C(C)(C)CC)C2. The molecule has 39 heavy (non-hydrogen) atoms. The minimum Gasteiger partial charge on any atom is -0.485 e. The number of hydrogen-bond donors (Lipinski definition) is 1. The number of benzene rings is 1. The lowest BCUT2D eigenvalue weighted by Crippen LogP contribution is -2.28. The Kier molecular flexibility index (Phi) is 9.42. The van der Waals surface area contributed by atoms with Gasteiger partial charge in [0.1, 0.15) is 23.4 Å². The first-order valence-corrected chi connectivity index (χ1v) is 15.2. The van der Waals surface area contributed by atoms with Gasteiger partial charge in [-0.05, 0) is 66.8 Å².